The number of hydrogen-bond acceptors (Lipinski definition) is 9. The average Bonchev–Trinajstić information content (AvgIpc) is 3.26. The van der Waals surface area contributed by atoms with Gasteiger partial charge in [-0.15, -0.1) is 22.7 Å². The highest BCUT2D eigenvalue weighted by molar-refractivity contribution is 8.01. The van der Waals surface area contributed by atoms with E-state index in [1.54, 1.807) is 12.3 Å². The van der Waals surface area contributed by atoms with Gasteiger partial charge >= 0.3 is 5.97 Å². The molecule has 1 aromatic carbocycles. The van der Waals surface area contributed by atoms with Crippen molar-refractivity contribution in [2.45, 2.75) is 24.6 Å². The topological polar surface area (TPSA) is 90.4 Å². The molecule has 0 bridgehead atoms. The fourth-order valence-corrected chi connectivity index (χ4v) is 4.91. The molecule has 0 aliphatic carbocycles. The van der Waals surface area contributed by atoms with E-state index in [0.29, 0.717) is 24.0 Å². The molecule has 1 N–H and O–H groups in total. The van der Waals surface area contributed by atoms with Crippen LogP contribution in [0.4, 0.5) is 5.13 Å². The molecule has 1 amide bonds. The number of esters is 1. The molecule has 0 radical (unpaired) electrons. The molecular formula is C18H19N3O4S3. The number of nitrogens with zero attached hydrogens (tertiary/aromatic N) is 2. The first-order valence-corrected chi connectivity index (χ1v) is 11.3. The van der Waals surface area contributed by atoms with Gasteiger partial charge in [0.25, 0.3) is 0 Å². The van der Waals surface area contributed by atoms with Gasteiger partial charge in [0.1, 0.15) is 5.75 Å². The summed E-state index contributed by atoms with van der Waals surface area (Å²) in [4.78, 5) is 32.4. The van der Waals surface area contributed by atoms with Crippen LogP contribution in [0.2, 0.25) is 0 Å². The molecule has 3 aromatic rings. The van der Waals surface area contributed by atoms with Crippen molar-refractivity contribution in [1.29, 1.82) is 0 Å². The number of fused-ring (bicyclic) bond motifs is 1. The minimum absolute atomic E-state index is 0.102. The smallest absolute Gasteiger partial charge is 0.311 e. The zero-order valence-electron chi connectivity index (χ0n) is 15.4. The van der Waals surface area contributed by atoms with Gasteiger partial charge in [0.2, 0.25) is 5.91 Å². The van der Waals surface area contributed by atoms with Crippen LogP contribution in [0.5, 0.6) is 5.75 Å². The molecule has 0 aliphatic rings. The maximum absolute atomic E-state index is 12.2. The molecule has 7 nitrogen and oxygen atoms in total. The third-order valence-corrected chi connectivity index (χ3v) is 6.37. The lowest BCUT2D eigenvalue weighted by Gasteiger charge is -2.00. The fourth-order valence-electron chi connectivity index (χ4n) is 2.29. The van der Waals surface area contributed by atoms with E-state index in [9.17, 15) is 9.59 Å². The van der Waals surface area contributed by atoms with Gasteiger partial charge in [-0.2, -0.15) is 0 Å². The molecule has 0 unspecified atom stereocenters. The van der Waals surface area contributed by atoms with Crippen molar-refractivity contribution in [3.05, 3.63) is 29.3 Å². The molecule has 148 valence electrons. The number of thiazole rings is 2. The first kappa shape index (κ1) is 20.6. The van der Waals surface area contributed by atoms with Crippen molar-refractivity contribution < 1.29 is 19.1 Å². The molecular weight excluding hydrogens is 418 g/mol. The summed E-state index contributed by atoms with van der Waals surface area (Å²) in [6.45, 7) is 4.65. The van der Waals surface area contributed by atoms with Crippen molar-refractivity contribution in [3.8, 4) is 5.75 Å². The molecule has 0 spiro atoms. The molecule has 28 heavy (non-hydrogen) atoms. The Labute approximate surface area is 174 Å². The molecule has 0 atom stereocenters. The number of aromatic nitrogens is 2. The number of hydrogen-bond donors (Lipinski definition) is 1. The van der Waals surface area contributed by atoms with Crippen LogP contribution in [0.3, 0.4) is 0 Å². The number of carbonyl (C=O) groups excluding carboxylic acids is 2. The van der Waals surface area contributed by atoms with Gasteiger partial charge in [-0.1, -0.05) is 11.8 Å². The zero-order chi connectivity index (χ0) is 19.9. The Morgan fingerprint density at radius 2 is 2.07 bits per heavy atom. The molecule has 0 saturated carbocycles. The SMILES string of the molecule is CCOC(=O)Cc1csc(NC(=O)CSc2nc3ccc(OCC)cc3s2)n1. The van der Waals surface area contributed by atoms with Gasteiger partial charge < -0.3 is 14.8 Å². The summed E-state index contributed by atoms with van der Waals surface area (Å²) in [6.07, 6.45) is 0.102. The molecule has 2 heterocycles. The Kier molecular flexibility index (Phi) is 7.24. The van der Waals surface area contributed by atoms with Gasteiger partial charge in [0.15, 0.2) is 9.47 Å². The van der Waals surface area contributed by atoms with E-state index in [-0.39, 0.29) is 24.1 Å². The standard InChI is InChI=1S/C18H19N3O4S3/c1-3-24-12-5-6-13-14(8-12)28-18(20-13)27-10-15(22)21-17-19-11(9-26-17)7-16(23)25-4-2/h5-6,8-9H,3-4,7,10H2,1-2H3,(H,19,21,22). The molecule has 0 saturated heterocycles. The fraction of sp³-hybridized carbons (Fsp3) is 0.333. The third-order valence-electron chi connectivity index (χ3n) is 3.41. The summed E-state index contributed by atoms with van der Waals surface area (Å²) in [5, 5.41) is 4.96. The normalized spacial score (nSPS) is 10.8. The average molecular weight is 438 g/mol. The number of ether oxygens (including phenoxy) is 2. The van der Waals surface area contributed by atoms with Crippen molar-refractivity contribution >= 4 is 61.7 Å². The van der Waals surface area contributed by atoms with Crippen LogP contribution < -0.4 is 10.1 Å². The Morgan fingerprint density at radius 1 is 1.21 bits per heavy atom. The number of carbonyl (C=O) groups is 2. The zero-order valence-corrected chi connectivity index (χ0v) is 17.8. The summed E-state index contributed by atoms with van der Waals surface area (Å²) < 4.78 is 12.2. The van der Waals surface area contributed by atoms with Gasteiger partial charge in [0.05, 0.1) is 41.3 Å². The lowest BCUT2D eigenvalue weighted by Crippen LogP contribution is -2.14. The van der Waals surface area contributed by atoms with Gasteiger partial charge in [-0.3, -0.25) is 9.59 Å². The second-order valence-corrected chi connectivity index (χ2v) is 8.62. The highest BCUT2D eigenvalue weighted by Gasteiger charge is 2.12. The maximum Gasteiger partial charge on any atom is 0.311 e. The quantitative estimate of drug-likeness (QED) is 0.400. The minimum Gasteiger partial charge on any atom is -0.494 e. The van der Waals surface area contributed by atoms with E-state index in [0.717, 1.165) is 20.3 Å². The van der Waals surface area contributed by atoms with Crippen molar-refractivity contribution in [2.75, 3.05) is 24.3 Å². The van der Waals surface area contributed by atoms with E-state index >= 15 is 0 Å². The van der Waals surface area contributed by atoms with Gasteiger partial charge in [-0.25, -0.2) is 9.97 Å². The van der Waals surface area contributed by atoms with E-state index in [4.69, 9.17) is 9.47 Å². The largest absolute Gasteiger partial charge is 0.494 e. The van der Waals surface area contributed by atoms with Crippen LogP contribution in [-0.4, -0.2) is 40.8 Å². The molecule has 0 fully saturated rings. The van der Waals surface area contributed by atoms with E-state index < -0.39 is 0 Å². The van der Waals surface area contributed by atoms with Crippen LogP contribution in [-0.2, 0) is 20.7 Å². The molecule has 10 heteroatoms. The molecule has 0 aliphatic heterocycles. The molecule has 2 aromatic heterocycles. The number of thioether (sulfide) groups is 1. The Bertz CT molecular complexity index is 970. The third kappa shape index (κ3) is 5.66. The van der Waals surface area contributed by atoms with Crippen molar-refractivity contribution in [2.24, 2.45) is 0 Å². The number of benzene rings is 1. The first-order valence-electron chi connectivity index (χ1n) is 8.63. The van der Waals surface area contributed by atoms with Gasteiger partial charge in [-0.05, 0) is 32.0 Å². The van der Waals surface area contributed by atoms with E-state index in [2.05, 4.69) is 15.3 Å². The number of anilines is 1. The van der Waals surface area contributed by atoms with Gasteiger partial charge in [0, 0.05) is 5.38 Å². The Balaban J connectivity index is 1.52. The first-order chi connectivity index (χ1) is 13.6. The summed E-state index contributed by atoms with van der Waals surface area (Å²) in [6, 6.07) is 5.77. The summed E-state index contributed by atoms with van der Waals surface area (Å²) >= 11 is 4.19. The van der Waals surface area contributed by atoms with Crippen molar-refractivity contribution in [3.63, 3.8) is 0 Å². The molecule has 3 rings (SSSR count). The van der Waals surface area contributed by atoms with Crippen LogP contribution in [0.25, 0.3) is 10.2 Å². The highest BCUT2D eigenvalue weighted by Crippen LogP contribution is 2.32. The number of rotatable bonds is 9. The van der Waals surface area contributed by atoms with E-state index in [1.165, 1.54) is 34.4 Å². The van der Waals surface area contributed by atoms with Crippen LogP contribution >= 0.6 is 34.4 Å². The Morgan fingerprint density at radius 3 is 2.86 bits per heavy atom. The predicted molar refractivity (Wildman–Crippen MR) is 113 cm³/mol. The summed E-state index contributed by atoms with van der Waals surface area (Å²) in [7, 11) is 0. The predicted octanol–water partition coefficient (Wildman–Crippen LogP) is 3.99. The van der Waals surface area contributed by atoms with Crippen LogP contribution in [0, 0.1) is 0 Å². The van der Waals surface area contributed by atoms with Crippen LogP contribution in [0.15, 0.2) is 27.9 Å². The second-order valence-electron chi connectivity index (χ2n) is 5.50. The lowest BCUT2D eigenvalue weighted by atomic mass is 10.3. The van der Waals surface area contributed by atoms with E-state index in [1.807, 2.05) is 25.1 Å². The van der Waals surface area contributed by atoms with Crippen LogP contribution in [0.1, 0.15) is 19.5 Å². The summed E-state index contributed by atoms with van der Waals surface area (Å²) in [5.74, 6) is 0.543. The number of nitrogens with one attached hydrogen (secondary N) is 1. The maximum atomic E-state index is 12.2. The monoisotopic (exact) mass is 437 g/mol. The number of amides is 1. The second kappa shape index (κ2) is 9.85. The van der Waals surface area contributed by atoms with Crippen molar-refractivity contribution in [1.82, 2.24) is 9.97 Å². The summed E-state index contributed by atoms with van der Waals surface area (Å²) in [5.41, 5.74) is 1.47. The Hall–Kier alpha value is -2.17. The highest BCUT2D eigenvalue weighted by atomic mass is 32.2. The minimum atomic E-state index is -0.329. The lowest BCUT2D eigenvalue weighted by molar-refractivity contribution is -0.142.